The highest BCUT2D eigenvalue weighted by molar-refractivity contribution is 8.13. The Hall–Kier alpha value is -0.740. The average molecular weight is 249 g/mol. The molecule has 84 valence electrons. The molecule has 15 heavy (non-hydrogen) atoms. The molecule has 0 radical (unpaired) electrons. The molecule has 0 fully saturated rings. The van der Waals surface area contributed by atoms with Crippen LogP contribution in [0.4, 0.5) is 0 Å². The highest BCUT2D eigenvalue weighted by atomic mass is 35.7. The van der Waals surface area contributed by atoms with Gasteiger partial charge in [-0.2, -0.15) is 0 Å². The van der Waals surface area contributed by atoms with Gasteiger partial charge in [-0.15, -0.1) is 0 Å². The standard InChI is InChI=1S/C10H13ClO3S/c1-7(2)9-6-8(15(11,12)13)4-5-10(9)14-3/h4-7H,1-3H3. The van der Waals surface area contributed by atoms with Crippen LogP contribution in [0.15, 0.2) is 23.1 Å². The molecule has 0 unspecified atom stereocenters. The van der Waals surface area contributed by atoms with Gasteiger partial charge in [-0.1, -0.05) is 13.8 Å². The summed E-state index contributed by atoms with van der Waals surface area (Å²) in [4.78, 5) is 0.105. The summed E-state index contributed by atoms with van der Waals surface area (Å²) in [6, 6.07) is 4.60. The van der Waals surface area contributed by atoms with E-state index >= 15 is 0 Å². The van der Waals surface area contributed by atoms with Gasteiger partial charge in [0, 0.05) is 10.7 Å². The molecule has 0 aliphatic carbocycles. The SMILES string of the molecule is COc1ccc(S(=O)(=O)Cl)cc1C(C)C. The van der Waals surface area contributed by atoms with Crippen molar-refractivity contribution in [1.82, 2.24) is 0 Å². The van der Waals surface area contributed by atoms with E-state index in [2.05, 4.69) is 0 Å². The fourth-order valence-electron chi connectivity index (χ4n) is 1.32. The summed E-state index contributed by atoms with van der Waals surface area (Å²) in [5.41, 5.74) is 0.833. The first-order valence-corrected chi connectivity index (χ1v) is 6.79. The molecule has 3 nitrogen and oxygen atoms in total. The highest BCUT2D eigenvalue weighted by Crippen LogP contribution is 2.29. The van der Waals surface area contributed by atoms with Crippen molar-refractivity contribution in [3.8, 4) is 5.75 Å². The highest BCUT2D eigenvalue weighted by Gasteiger charge is 2.14. The Morgan fingerprint density at radius 2 is 1.93 bits per heavy atom. The molecule has 1 aromatic rings. The second-order valence-electron chi connectivity index (χ2n) is 3.50. The maximum atomic E-state index is 11.1. The number of hydrogen-bond acceptors (Lipinski definition) is 3. The van der Waals surface area contributed by atoms with Gasteiger partial charge in [0.25, 0.3) is 9.05 Å². The van der Waals surface area contributed by atoms with E-state index in [1.54, 1.807) is 19.2 Å². The lowest BCUT2D eigenvalue weighted by Crippen LogP contribution is -1.98. The van der Waals surface area contributed by atoms with Gasteiger partial charge in [-0.25, -0.2) is 8.42 Å². The third-order valence-corrected chi connectivity index (χ3v) is 3.46. The summed E-state index contributed by atoms with van der Waals surface area (Å²) in [6.45, 7) is 3.92. The quantitative estimate of drug-likeness (QED) is 0.773. The van der Waals surface area contributed by atoms with Gasteiger partial charge >= 0.3 is 0 Å². The van der Waals surface area contributed by atoms with E-state index < -0.39 is 9.05 Å². The molecular formula is C10H13ClO3S. The topological polar surface area (TPSA) is 43.4 Å². The largest absolute Gasteiger partial charge is 0.496 e. The molecule has 1 rings (SSSR count). The van der Waals surface area contributed by atoms with Crippen molar-refractivity contribution in [2.24, 2.45) is 0 Å². The molecule has 0 bridgehead atoms. The number of hydrogen-bond donors (Lipinski definition) is 0. The van der Waals surface area contributed by atoms with Crippen molar-refractivity contribution in [3.05, 3.63) is 23.8 Å². The van der Waals surface area contributed by atoms with Gasteiger partial charge in [-0.3, -0.25) is 0 Å². The zero-order chi connectivity index (χ0) is 11.6. The first kappa shape index (κ1) is 12.3. The van der Waals surface area contributed by atoms with E-state index in [1.165, 1.54) is 6.07 Å². The first-order valence-electron chi connectivity index (χ1n) is 4.49. The van der Waals surface area contributed by atoms with Gasteiger partial charge in [0.05, 0.1) is 12.0 Å². The minimum absolute atomic E-state index is 0.105. The summed E-state index contributed by atoms with van der Waals surface area (Å²) >= 11 is 0. The van der Waals surface area contributed by atoms with E-state index in [0.717, 1.165) is 5.56 Å². The molecule has 0 saturated heterocycles. The van der Waals surface area contributed by atoms with Gasteiger partial charge in [0.2, 0.25) is 0 Å². The predicted molar refractivity (Wildman–Crippen MR) is 60.1 cm³/mol. The molecular weight excluding hydrogens is 236 g/mol. The second kappa shape index (κ2) is 4.41. The Labute approximate surface area is 94.4 Å². The Morgan fingerprint density at radius 1 is 1.33 bits per heavy atom. The van der Waals surface area contributed by atoms with Crippen LogP contribution in [-0.4, -0.2) is 15.5 Å². The van der Waals surface area contributed by atoms with Gasteiger partial charge in [0.15, 0.2) is 0 Å². The minimum Gasteiger partial charge on any atom is -0.496 e. The van der Waals surface area contributed by atoms with Crippen LogP contribution in [0.3, 0.4) is 0 Å². The second-order valence-corrected chi connectivity index (χ2v) is 6.06. The van der Waals surface area contributed by atoms with Crippen LogP contribution in [0.2, 0.25) is 0 Å². The molecule has 5 heteroatoms. The van der Waals surface area contributed by atoms with Crippen LogP contribution in [0, 0.1) is 0 Å². The summed E-state index contributed by atoms with van der Waals surface area (Å²) < 4.78 is 27.4. The van der Waals surface area contributed by atoms with Crippen LogP contribution in [0.5, 0.6) is 5.75 Å². The molecule has 0 heterocycles. The van der Waals surface area contributed by atoms with Gasteiger partial charge in [-0.05, 0) is 29.7 Å². The number of methoxy groups -OCH3 is 1. The predicted octanol–water partition coefficient (Wildman–Crippen LogP) is 2.75. The van der Waals surface area contributed by atoms with Gasteiger partial charge in [0.1, 0.15) is 5.75 Å². The zero-order valence-electron chi connectivity index (χ0n) is 8.82. The van der Waals surface area contributed by atoms with E-state index in [-0.39, 0.29) is 10.8 Å². The average Bonchev–Trinajstić information content (AvgIpc) is 2.15. The van der Waals surface area contributed by atoms with E-state index in [0.29, 0.717) is 5.75 Å². The Morgan fingerprint density at radius 3 is 2.33 bits per heavy atom. The normalized spacial score (nSPS) is 11.8. The van der Waals surface area contributed by atoms with Crippen LogP contribution < -0.4 is 4.74 Å². The number of rotatable bonds is 3. The van der Waals surface area contributed by atoms with Crippen molar-refractivity contribution in [1.29, 1.82) is 0 Å². The lowest BCUT2D eigenvalue weighted by atomic mass is 10.0. The minimum atomic E-state index is -3.67. The summed E-state index contributed by atoms with van der Waals surface area (Å²) in [5.74, 6) is 0.854. The van der Waals surface area contributed by atoms with E-state index in [4.69, 9.17) is 15.4 Å². The first-order chi connectivity index (χ1) is 6.86. The number of halogens is 1. The van der Waals surface area contributed by atoms with Crippen LogP contribution in [0.25, 0.3) is 0 Å². The van der Waals surface area contributed by atoms with Crippen molar-refractivity contribution in [2.75, 3.05) is 7.11 Å². The molecule has 0 saturated carbocycles. The molecule has 0 atom stereocenters. The molecule has 0 amide bonds. The van der Waals surface area contributed by atoms with Crippen LogP contribution in [0.1, 0.15) is 25.3 Å². The van der Waals surface area contributed by atoms with Crippen molar-refractivity contribution < 1.29 is 13.2 Å². The maximum Gasteiger partial charge on any atom is 0.261 e. The van der Waals surface area contributed by atoms with E-state index in [9.17, 15) is 8.42 Å². The smallest absolute Gasteiger partial charge is 0.261 e. The monoisotopic (exact) mass is 248 g/mol. The molecule has 0 aliphatic heterocycles. The van der Waals surface area contributed by atoms with Gasteiger partial charge < -0.3 is 4.74 Å². The van der Waals surface area contributed by atoms with Crippen LogP contribution in [-0.2, 0) is 9.05 Å². The number of benzene rings is 1. The Kier molecular flexibility index (Phi) is 3.62. The summed E-state index contributed by atoms with van der Waals surface area (Å²) in [5, 5.41) is 0. The summed E-state index contributed by atoms with van der Waals surface area (Å²) in [6.07, 6.45) is 0. The fourth-order valence-corrected chi connectivity index (χ4v) is 2.10. The summed E-state index contributed by atoms with van der Waals surface area (Å²) in [7, 11) is 3.15. The molecule has 0 spiro atoms. The maximum absolute atomic E-state index is 11.1. The molecule has 0 N–H and O–H groups in total. The van der Waals surface area contributed by atoms with E-state index in [1.807, 2.05) is 13.8 Å². The fraction of sp³-hybridized carbons (Fsp3) is 0.400. The number of ether oxygens (including phenoxy) is 1. The third kappa shape index (κ3) is 2.86. The molecule has 0 aromatic heterocycles. The lowest BCUT2D eigenvalue weighted by molar-refractivity contribution is 0.407. The van der Waals surface area contributed by atoms with Crippen molar-refractivity contribution in [3.63, 3.8) is 0 Å². The third-order valence-electron chi connectivity index (χ3n) is 2.10. The molecule has 0 aliphatic rings. The Balaban J connectivity index is 3.35. The van der Waals surface area contributed by atoms with Crippen LogP contribution >= 0.6 is 10.7 Å². The molecule has 1 aromatic carbocycles. The lowest BCUT2D eigenvalue weighted by Gasteiger charge is -2.12. The van der Waals surface area contributed by atoms with Crippen molar-refractivity contribution >= 4 is 19.7 Å². The zero-order valence-corrected chi connectivity index (χ0v) is 10.4. The van der Waals surface area contributed by atoms with Crippen molar-refractivity contribution in [2.45, 2.75) is 24.7 Å². The Bertz CT molecular complexity index is 452.